The maximum atomic E-state index is 12.9. The molecular weight excluding hydrogens is 350 g/mol. The molecule has 6 heteroatoms. The Morgan fingerprint density at radius 2 is 1.77 bits per heavy atom. The van der Waals surface area contributed by atoms with Gasteiger partial charge in [0.2, 0.25) is 5.91 Å². The highest BCUT2D eigenvalue weighted by Crippen LogP contribution is 2.24. The molecule has 4 atom stereocenters. The molecule has 2 amide bonds. The maximum absolute atomic E-state index is 12.9. The molecule has 146 valence electrons. The second-order valence-electron chi connectivity index (χ2n) is 7.82. The number of rotatable bonds is 4. The van der Waals surface area contributed by atoms with Gasteiger partial charge in [-0.2, -0.15) is 0 Å². The molecule has 1 saturated heterocycles. The minimum absolute atomic E-state index is 0. The highest BCUT2D eigenvalue weighted by molar-refractivity contribution is 5.98. The highest BCUT2D eigenvalue weighted by atomic mass is 35.5. The SMILES string of the molecule is Cc1ccc(C(=O)N2CC(C)CC(C)C2)cc1NC(=O)C(C)C(C)N.Cl. The monoisotopic (exact) mass is 381 g/mol. The molecule has 0 aliphatic carbocycles. The van der Waals surface area contributed by atoms with Crippen LogP contribution in [-0.4, -0.2) is 35.8 Å². The third kappa shape index (κ3) is 5.45. The molecule has 1 heterocycles. The lowest BCUT2D eigenvalue weighted by molar-refractivity contribution is -0.119. The Morgan fingerprint density at radius 3 is 2.31 bits per heavy atom. The van der Waals surface area contributed by atoms with Crippen LogP contribution in [0.15, 0.2) is 18.2 Å². The molecule has 0 saturated carbocycles. The number of hydrogen-bond acceptors (Lipinski definition) is 3. The van der Waals surface area contributed by atoms with Gasteiger partial charge in [-0.25, -0.2) is 0 Å². The largest absolute Gasteiger partial charge is 0.338 e. The summed E-state index contributed by atoms with van der Waals surface area (Å²) in [6.07, 6.45) is 1.16. The van der Waals surface area contributed by atoms with Gasteiger partial charge in [0.15, 0.2) is 0 Å². The van der Waals surface area contributed by atoms with E-state index in [1.165, 1.54) is 0 Å². The molecular formula is C20H32ClN3O2. The summed E-state index contributed by atoms with van der Waals surface area (Å²) in [4.78, 5) is 27.1. The van der Waals surface area contributed by atoms with Crippen molar-refractivity contribution in [2.75, 3.05) is 18.4 Å². The molecule has 0 spiro atoms. The van der Waals surface area contributed by atoms with Gasteiger partial charge in [0.25, 0.3) is 5.91 Å². The number of aryl methyl sites for hydroxylation is 1. The number of carbonyl (C=O) groups is 2. The molecule has 2 rings (SSSR count). The average molecular weight is 382 g/mol. The van der Waals surface area contributed by atoms with Crippen molar-refractivity contribution in [3.8, 4) is 0 Å². The van der Waals surface area contributed by atoms with Crippen LogP contribution in [-0.2, 0) is 4.79 Å². The molecule has 5 nitrogen and oxygen atoms in total. The van der Waals surface area contributed by atoms with Gasteiger partial charge in [0.1, 0.15) is 0 Å². The molecule has 0 radical (unpaired) electrons. The maximum Gasteiger partial charge on any atom is 0.253 e. The van der Waals surface area contributed by atoms with Gasteiger partial charge in [-0.05, 0) is 49.8 Å². The number of nitrogens with zero attached hydrogens (tertiary/aromatic N) is 1. The molecule has 0 aromatic heterocycles. The Labute approximate surface area is 163 Å². The summed E-state index contributed by atoms with van der Waals surface area (Å²) in [6, 6.07) is 5.29. The molecule has 26 heavy (non-hydrogen) atoms. The Hall–Kier alpha value is -1.59. The number of carbonyl (C=O) groups excluding carboxylic acids is 2. The van der Waals surface area contributed by atoms with E-state index in [1.54, 1.807) is 13.0 Å². The molecule has 1 aliphatic heterocycles. The first-order valence-corrected chi connectivity index (χ1v) is 9.15. The Bertz CT molecular complexity index is 638. The fourth-order valence-corrected chi connectivity index (χ4v) is 3.39. The summed E-state index contributed by atoms with van der Waals surface area (Å²) in [5.74, 6) is 0.660. The summed E-state index contributed by atoms with van der Waals surface area (Å²) in [6.45, 7) is 11.5. The van der Waals surface area contributed by atoms with Crippen molar-refractivity contribution in [1.29, 1.82) is 0 Å². The van der Waals surface area contributed by atoms with Gasteiger partial charge in [-0.3, -0.25) is 9.59 Å². The molecule has 4 unspecified atom stereocenters. The van der Waals surface area contributed by atoms with Crippen LogP contribution in [0.2, 0.25) is 0 Å². The molecule has 1 aromatic carbocycles. The van der Waals surface area contributed by atoms with Crippen LogP contribution in [0, 0.1) is 24.7 Å². The Kier molecular flexibility index (Phi) is 8.10. The van der Waals surface area contributed by atoms with Gasteiger partial charge >= 0.3 is 0 Å². The lowest BCUT2D eigenvalue weighted by atomic mass is 9.91. The van der Waals surface area contributed by atoms with Crippen molar-refractivity contribution < 1.29 is 9.59 Å². The first-order chi connectivity index (χ1) is 11.7. The summed E-state index contributed by atoms with van der Waals surface area (Å²) < 4.78 is 0. The summed E-state index contributed by atoms with van der Waals surface area (Å²) >= 11 is 0. The normalized spacial score (nSPS) is 22.2. The minimum atomic E-state index is -0.289. The lowest BCUT2D eigenvalue weighted by Gasteiger charge is -2.35. The van der Waals surface area contributed by atoms with E-state index in [0.29, 0.717) is 23.1 Å². The summed E-state index contributed by atoms with van der Waals surface area (Å²) in [5.41, 5.74) is 8.04. The van der Waals surface area contributed by atoms with Crippen LogP contribution in [0.1, 0.15) is 50.0 Å². The number of nitrogens with one attached hydrogen (secondary N) is 1. The quantitative estimate of drug-likeness (QED) is 0.838. The van der Waals surface area contributed by atoms with Crippen LogP contribution in [0.3, 0.4) is 0 Å². The molecule has 1 aromatic rings. The van der Waals surface area contributed by atoms with E-state index in [0.717, 1.165) is 25.1 Å². The zero-order valence-corrected chi connectivity index (χ0v) is 17.2. The van der Waals surface area contributed by atoms with Crippen molar-refractivity contribution in [2.45, 2.75) is 47.1 Å². The topological polar surface area (TPSA) is 75.4 Å². The van der Waals surface area contributed by atoms with Crippen LogP contribution < -0.4 is 11.1 Å². The van der Waals surface area contributed by atoms with E-state index >= 15 is 0 Å². The van der Waals surface area contributed by atoms with Gasteiger partial charge in [-0.15, -0.1) is 12.4 Å². The minimum Gasteiger partial charge on any atom is -0.338 e. The lowest BCUT2D eigenvalue weighted by Crippen LogP contribution is -2.42. The molecule has 1 fully saturated rings. The van der Waals surface area contributed by atoms with Gasteiger partial charge < -0.3 is 16.0 Å². The number of likely N-dealkylation sites (tertiary alicyclic amines) is 1. The number of hydrogen-bond donors (Lipinski definition) is 2. The Balaban J connectivity index is 0.00000338. The van der Waals surface area contributed by atoms with Crippen molar-refractivity contribution >= 4 is 29.9 Å². The van der Waals surface area contributed by atoms with Crippen LogP contribution in [0.25, 0.3) is 0 Å². The standard InChI is InChI=1S/C20H31N3O2.ClH/c1-12-8-13(2)11-23(10-12)20(25)17-7-6-14(3)18(9-17)22-19(24)15(4)16(5)21;/h6-7,9,12-13,15-16H,8,10-11,21H2,1-5H3,(H,22,24);1H. The van der Waals surface area contributed by atoms with E-state index in [2.05, 4.69) is 19.2 Å². The first kappa shape index (κ1) is 22.5. The molecule has 0 bridgehead atoms. The van der Waals surface area contributed by atoms with E-state index in [4.69, 9.17) is 5.73 Å². The molecule has 1 aliphatic rings. The van der Waals surface area contributed by atoms with E-state index in [9.17, 15) is 9.59 Å². The van der Waals surface area contributed by atoms with Gasteiger partial charge in [-0.1, -0.05) is 26.8 Å². The second-order valence-corrected chi connectivity index (χ2v) is 7.82. The number of halogens is 1. The van der Waals surface area contributed by atoms with Crippen LogP contribution in [0.5, 0.6) is 0 Å². The van der Waals surface area contributed by atoms with Crippen LogP contribution in [0.4, 0.5) is 5.69 Å². The smallest absolute Gasteiger partial charge is 0.253 e. The first-order valence-electron chi connectivity index (χ1n) is 9.15. The third-order valence-corrected chi connectivity index (χ3v) is 5.10. The van der Waals surface area contributed by atoms with E-state index < -0.39 is 0 Å². The Morgan fingerprint density at radius 1 is 1.19 bits per heavy atom. The van der Waals surface area contributed by atoms with E-state index in [1.807, 2.05) is 30.9 Å². The predicted molar refractivity (Wildman–Crippen MR) is 109 cm³/mol. The van der Waals surface area contributed by atoms with Crippen molar-refractivity contribution in [3.63, 3.8) is 0 Å². The predicted octanol–water partition coefficient (Wildman–Crippen LogP) is 3.46. The number of nitrogens with two attached hydrogens (primary N) is 1. The van der Waals surface area contributed by atoms with Crippen LogP contribution >= 0.6 is 12.4 Å². The summed E-state index contributed by atoms with van der Waals surface area (Å²) in [5, 5.41) is 2.92. The zero-order valence-electron chi connectivity index (χ0n) is 16.4. The summed E-state index contributed by atoms with van der Waals surface area (Å²) in [7, 11) is 0. The highest BCUT2D eigenvalue weighted by Gasteiger charge is 2.26. The number of piperidine rings is 1. The molecule has 3 N–H and O–H groups in total. The van der Waals surface area contributed by atoms with Crippen molar-refractivity contribution in [1.82, 2.24) is 4.90 Å². The number of benzene rings is 1. The van der Waals surface area contributed by atoms with Crippen molar-refractivity contribution in [3.05, 3.63) is 29.3 Å². The fourth-order valence-electron chi connectivity index (χ4n) is 3.39. The van der Waals surface area contributed by atoms with Crippen molar-refractivity contribution in [2.24, 2.45) is 23.5 Å². The zero-order chi connectivity index (χ0) is 18.7. The van der Waals surface area contributed by atoms with E-state index in [-0.39, 0.29) is 36.2 Å². The van der Waals surface area contributed by atoms with Gasteiger partial charge in [0.05, 0.1) is 5.92 Å². The third-order valence-electron chi connectivity index (χ3n) is 5.10. The fraction of sp³-hybridized carbons (Fsp3) is 0.600. The second kappa shape index (κ2) is 9.38. The number of amides is 2. The number of anilines is 1. The average Bonchev–Trinajstić information content (AvgIpc) is 2.54. The van der Waals surface area contributed by atoms with Gasteiger partial charge in [0, 0.05) is 30.4 Å².